The first kappa shape index (κ1) is 20.6. The number of rotatable bonds is 5. The van der Waals surface area contributed by atoms with Crippen LogP contribution in [-0.4, -0.2) is 17.5 Å². The topological polar surface area (TPSA) is 54.5 Å². The van der Waals surface area contributed by atoms with Crippen LogP contribution in [0.5, 0.6) is 5.75 Å². The summed E-state index contributed by atoms with van der Waals surface area (Å²) in [5, 5.41) is 2.28. The fraction of sp³-hybridized carbons (Fsp3) is 0.143. The lowest BCUT2D eigenvalue weighted by molar-refractivity contribution is 0.0993. The maximum absolute atomic E-state index is 14.3. The first-order chi connectivity index (χ1) is 14.8. The summed E-state index contributed by atoms with van der Waals surface area (Å²) in [6, 6.07) is 9.17. The lowest BCUT2D eigenvalue weighted by Crippen LogP contribution is -2.33. The van der Waals surface area contributed by atoms with Crippen molar-refractivity contribution >= 4 is 17.3 Å². The Morgan fingerprint density at radius 3 is 2.19 bits per heavy atom. The first-order valence-electron chi connectivity index (χ1n) is 9.14. The average molecular weight is 435 g/mol. The Kier molecular flexibility index (Phi) is 5.22. The van der Waals surface area contributed by atoms with Gasteiger partial charge in [-0.15, -0.1) is 0 Å². The number of nitrogens with one attached hydrogen (secondary N) is 1. The third-order valence-electron chi connectivity index (χ3n) is 4.72. The van der Waals surface area contributed by atoms with Gasteiger partial charge in [0.2, 0.25) is 5.82 Å². The van der Waals surface area contributed by atoms with Gasteiger partial charge in [0.1, 0.15) is 11.4 Å². The largest absolute Gasteiger partial charge is 0.494 e. The predicted octanol–water partition coefficient (Wildman–Crippen LogP) is 4.95. The highest BCUT2D eigenvalue weighted by molar-refractivity contribution is 6.11. The summed E-state index contributed by atoms with van der Waals surface area (Å²) in [6.45, 7) is 2.21. The molecule has 1 aliphatic heterocycles. The van der Waals surface area contributed by atoms with Crippen LogP contribution in [0.4, 0.5) is 33.3 Å². The number of hydrogen-bond acceptors (Lipinski definition) is 4. The lowest BCUT2D eigenvalue weighted by atomic mass is 10.2. The Morgan fingerprint density at radius 1 is 0.968 bits per heavy atom. The lowest BCUT2D eigenvalue weighted by Gasteiger charge is -2.27. The Morgan fingerprint density at radius 2 is 1.58 bits per heavy atom. The minimum atomic E-state index is -2.27. The number of carbonyl (C=O) groups is 1. The van der Waals surface area contributed by atoms with E-state index in [0.717, 1.165) is 4.90 Å². The van der Waals surface area contributed by atoms with Gasteiger partial charge in [0, 0.05) is 11.9 Å². The van der Waals surface area contributed by atoms with E-state index in [0.29, 0.717) is 18.0 Å². The number of anilines is 2. The Labute approximate surface area is 173 Å². The number of amides is 1. The molecule has 1 aromatic heterocycles. The molecular formula is C21H14F5N3O2. The van der Waals surface area contributed by atoms with Crippen LogP contribution < -0.4 is 15.0 Å². The van der Waals surface area contributed by atoms with Gasteiger partial charge in [-0.05, 0) is 43.3 Å². The summed E-state index contributed by atoms with van der Waals surface area (Å²) < 4.78 is 74.7. The molecule has 5 nitrogen and oxygen atoms in total. The molecule has 0 fully saturated rings. The number of aromatic nitrogens is 1. The molecule has 1 aliphatic rings. The van der Waals surface area contributed by atoms with E-state index in [1.54, 1.807) is 19.1 Å². The maximum Gasteiger partial charge on any atom is 0.262 e. The quantitative estimate of drug-likeness (QED) is 0.350. The number of halogens is 5. The van der Waals surface area contributed by atoms with Gasteiger partial charge in [-0.3, -0.25) is 14.7 Å². The summed E-state index contributed by atoms with van der Waals surface area (Å²) >= 11 is 0. The molecule has 0 saturated heterocycles. The molecule has 0 bridgehead atoms. The summed E-state index contributed by atoms with van der Waals surface area (Å²) in [7, 11) is 0. The maximum atomic E-state index is 14.3. The van der Waals surface area contributed by atoms with Crippen LogP contribution in [0.1, 0.15) is 29.1 Å². The van der Waals surface area contributed by atoms with Crippen LogP contribution >= 0.6 is 0 Å². The van der Waals surface area contributed by atoms with Gasteiger partial charge in [-0.25, -0.2) is 22.0 Å². The second kappa shape index (κ2) is 7.86. The summed E-state index contributed by atoms with van der Waals surface area (Å²) in [6.07, 6.45) is 0.0241. The van der Waals surface area contributed by atoms with Crippen LogP contribution in [0.3, 0.4) is 0 Å². The van der Waals surface area contributed by atoms with Crippen molar-refractivity contribution in [1.82, 2.24) is 4.98 Å². The molecule has 31 heavy (non-hydrogen) atoms. The van der Waals surface area contributed by atoms with Crippen molar-refractivity contribution in [2.75, 3.05) is 16.8 Å². The number of hydrogen-bond donors (Lipinski definition) is 1. The van der Waals surface area contributed by atoms with Crippen molar-refractivity contribution in [2.45, 2.75) is 13.1 Å². The number of fused-ring (bicyclic) bond motifs is 1. The highest BCUT2D eigenvalue weighted by Gasteiger charge is 2.40. The van der Waals surface area contributed by atoms with Crippen molar-refractivity contribution in [3.63, 3.8) is 0 Å². The van der Waals surface area contributed by atoms with Gasteiger partial charge in [0.05, 0.1) is 17.9 Å². The van der Waals surface area contributed by atoms with Gasteiger partial charge >= 0.3 is 0 Å². The fourth-order valence-corrected chi connectivity index (χ4v) is 3.32. The van der Waals surface area contributed by atoms with Crippen molar-refractivity contribution in [3.05, 3.63) is 82.9 Å². The highest BCUT2D eigenvalue weighted by Crippen LogP contribution is 2.39. The second-order valence-electron chi connectivity index (χ2n) is 6.53. The van der Waals surface area contributed by atoms with E-state index in [1.165, 1.54) is 30.5 Å². The summed E-state index contributed by atoms with van der Waals surface area (Å²) in [5.41, 5.74) is -0.764. The van der Waals surface area contributed by atoms with Crippen LogP contribution in [-0.2, 0) is 0 Å². The molecule has 3 aromatic rings. The molecule has 0 saturated carbocycles. The molecule has 1 amide bonds. The van der Waals surface area contributed by atoms with Crippen molar-refractivity contribution in [2.24, 2.45) is 0 Å². The van der Waals surface area contributed by atoms with E-state index in [2.05, 4.69) is 10.3 Å². The predicted molar refractivity (Wildman–Crippen MR) is 101 cm³/mol. The Balaban J connectivity index is 1.81. The molecule has 160 valence electrons. The van der Waals surface area contributed by atoms with Crippen molar-refractivity contribution < 1.29 is 31.5 Å². The zero-order valence-electron chi connectivity index (χ0n) is 15.9. The number of nitrogens with zero attached hydrogens (tertiary/aromatic N) is 2. The number of ether oxygens (including phenoxy) is 1. The third kappa shape index (κ3) is 3.33. The molecule has 0 spiro atoms. The Bertz CT molecular complexity index is 1140. The molecule has 2 heterocycles. The number of carbonyl (C=O) groups excluding carboxylic acids is 1. The van der Waals surface area contributed by atoms with E-state index in [4.69, 9.17) is 4.74 Å². The normalized spacial score (nSPS) is 15.2. The van der Waals surface area contributed by atoms with Crippen molar-refractivity contribution in [1.29, 1.82) is 0 Å². The molecule has 1 N–H and O–H groups in total. The molecule has 10 heteroatoms. The van der Waals surface area contributed by atoms with Gasteiger partial charge in [-0.1, -0.05) is 0 Å². The van der Waals surface area contributed by atoms with E-state index < -0.39 is 46.8 Å². The average Bonchev–Trinajstić information content (AvgIpc) is 3.06. The van der Waals surface area contributed by atoms with Gasteiger partial charge < -0.3 is 10.1 Å². The first-order valence-corrected chi connectivity index (χ1v) is 9.14. The highest BCUT2D eigenvalue weighted by atomic mass is 19.2. The number of benzene rings is 2. The second-order valence-corrected chi connectivity index (χ2v) is 6.53. The minimum Gasteiger partial charge on any atom is -0.494 e. The standard InChI is InChI=1S/C21H14F5N3O2/c1-2-31-11-7-5-10(6-8-11)29-20(18-12(21(29)30)4-3-9-27-18)28-19-16(25)14(23)13(22)15(24)17(19)26/h3-9,20,28H,2H2,1H3/t20-/m1/s1. The fourth-order valence-electron chi connectivity index (χ4n) is 3.32. The molecule has 0 radical (unpaired) electrons. The van der Waals surface area contributed by atoms with E-state index in [-0.39, 0.29) is 11.3 Å². The summed E-state index contributed by atoms with van der Waals surface area (Å²) in [5.74, 6) is -10.6. The van der Waals surface area contributed by atoms with E-state index in [9.17, 15) is 26.7 Å². The zero-order chi connectivity index (χ0) is 22.3. The van der Waals surface area contributed by atoms with Gasteiger partial charge in [-0.2, -0.15) is 0 Å². The molecule has 0 unspecified atom stereocenters. The van der Waals surface area contributed by atoms with Crippen LogP contribution in [0.2, 0.25) is 0 Å². The molecule has 2 aromatic carbocycles. The van der Waals surface area contributed by atoms with Crippen LogP contribution in [0.15, 0.2) is 42.6 Å². The smallest absolute Gasteiger partial charge is 0.262 e. The third-order valence-corrected chi connectivity index (χ3v) is 4.72. The zero-order valence-corrected chi connectivity index (χ0v) is 15.9. The van der Waals surface area contributed by atoms with Crippen LogP contribution in [0, 0.1) is 29.1 Å². The molecule has 4 rings (SSSR count). The SMILES string of the molecule is CCOc1ccc(N2C(=O)c3cccnc3[C@@H]2Nc2c(F)c(F)c(F)c(F)c2F)cc1. The van der Waals surface area contributed by atoms with E-state index >= 15 is 0 Å². The molecule has 0 aliphatic carbocycles. The monoisotopic (exact) mass is 435 g/mol. The van der Waals surface area contributed by atoms with E-state index in [1.807, 2.05) is 0 Å². The molecule has 1 atom stereocenters. The van der Waals surface area contributed by atoms with Gasteiger partial charge in [0.25, 0.3) is 5.91 Å². The number of pyridine rings is 1. The minimum absolute atomic E-state index is 0.0744. The Hall–Kier alpha value is -3.69. The van der Waals surface area contributed by atoms with Gasteiger partial charge in [0.15, 0.2) is 29.4 Å². The summed E-state index contributed by atoms with van der Waals surface area (Å²) in [4.78, 5) is 18.2. The van der Waals surface area contributed by atoms with Crippen molar-refractivity contribution in [3.8, 4) is 5.75 Å². The van der Waals surface area contributed by atoms with Crippen LogP contribution in [0.25, 0.3) is 0 Å². The molecular weight excluding hydrogens is 421 g/mol.